The number of oxime groups is 1. The van der Waals surface area contributed by atoms with Crippen LogP contribution in [0.2, 0.25) is 0 Å². The Bertz CT molecular complexity index is 1590. The van der Waals surface area contributed by atoms with Gasteiger partial charge in [0.25, 0.3) is 17.5 Å². The number of nitro groups is 1. The van der Waals surface area contributed by atoms with Crippen LogP contribution in [-0.4, -0.2) is 80.1 Å². The Morgan fingerprint density at radius 2 is 1.98 bits per heavy atom. The van der Waals surface area contributed by atoms with E-state index in [1.165, 1.54) is 41.4 Å². The van der Waals surface area contributed by atoms with Crippen molar-refractivity contribution in [2.24, 2.45) is 5.16 Å². The van der Waals surface area contributed by atoms with Gasteiger partial charge in [-0.05, 0) is 38.5 Å². The van der Waals surface area contributed by atoms with Gasteiger partial charge >= 0.3 is 11.9 Å². The highest BCUT2D eigenvalue weighted by atomic mass is 35.5. The van der Waals surface area contributed by atoms with E-state index in [1.807, 2.05) is 0 Å². The van der Waals surface area contributed by atoms with E-state index in [9.17, 15) is 34.1 Å². The lowest BCUT2D eigenvalue weighted by atomic mass is 10.0. The third-order valence-electron chi connectivity index (χ3n) is 5.82. The van der Waals surface area contributed by atoms with Gasteiger partial charge in [0.15, 0.2) is 10.8 Å². The third-order valence-corrected chi connectivity index (χ3v) is 8.35. The minimum Gasteiger partial charge on any atom is -0.457 e. The number of nitrogens with one attached hydrogen (secondary N) is 2. The van der Waals surface area contributed by atoms with Gasteiger partial charge < -0.3 is 24.9 Å². The maximum absolute atomic E-state index is 13.3. The molecule has 0 spiro atoms. The molecule has 2 atom stereocenters. The summed E-state index contributed by atoms with van der Waals surface area (Å²) >= 11 is 8.48. The van der Waals surface area contributed by atoms with Crippen LogP contribution in [0, 0.1) is 10.1 Å². The molecule has 3 heterocycles. The lowest BCUT2D eigenvalue weighted by Crippen LogP contribution is -2.71. The molecule has 0 radical (unpaired) electrons. The van der Waals surface area contributed by atoms with Gasteiger partial charge in [-0.3, -0.25) is 29.4 Å². The molecule has 1 saturated heterocycles. The van der Waals surface area contributed by atoms with Gasteiger partial charge in [0.05, 0.1) is 9.96 Å². The number of β-lactam (4-membered cyclic amide) rings is 1. The number of carbonyl (C=O) groups is 5. The lowest BCUT2D eigenvalue weighted by molar-refractivity contribution is -0.384. The smallest absolute Gasteiger partial charge is 0.356 e. The molecular weight excluding hydrogens is 656 g/mol. The van der Waals surface area contributed by atoms with Crippen molar-refractivity contribution in [1.29, 1.82) is 0 Å². The van der Waals surface area contributed by atoms with Crippen LogP contribution >= 0.6 is 34.7 Å². The number of nitro benzene ring substituents is 1. The van der Waals surface area contributed by atoms with Crippen LogP contribution in [0.5, 0.6) is 0 Å². The molecule has 2 aliphatic rings. The molecule has 0 aliphatic carbocycles. The molecule has 45 heavy (non-hydrogen) atoms. The van der Waals surface area contributed by atoms with Crippen molar-refractivity contribution in [3.63, 3.8) is 0 Å². The van der Waals surface area contributed by atoms with Crippen molar-refractivity contribution in [2.45, 2.75) is 44.4 Å². The minimum absolute atomic E-state index is 0.00980. The Morgan fingerprint density at radius 1 is 1.27 bits per heavy atom. The number of carbonyl (C=O) groups excluding carboxylic acids is 5. The van der Waals surface area contributed by atoms with Crippen molar-refractivity contribution in [3.05, 3.63) is 61.7 Å². The van der Waals surface area contributed by atoms with Crippen molar-refractivity contribution in [1.82, 2.24) is 15.2 Å². The molecule has 16 nitrogen and oxygen atoms in total. The molecule has 1 unspecified atom stereocenters. The van der Waals surface area contributed by atoms with Gasteiger partial charge in [-0.15, -0.1) is 23.1 Å². The minimum atomic E-state index is -1.10. The average Bonchev–Trinajstić information content (AvgIpc) is 3.44. The standard InChI is InChI=1S/C26H25ClN6O10S2/c1-26(2,3)43-17(35)9-42-31-18(16-11-45-25(29-16)28-12-34)21(36)30-19-22(37)32-20(15(27)10-44-23(19)32)24(38)41-8-13-4-6-14(7-5-13)33(39)40/h4-7,11-12,19,23H,8-10H2,1-3H3,(H,30,36)(H,28,29,34)/t19?,23-/m0/s1. The van der Waals surface area contributed by atoms with Crippen LogP contribution in [0.1, 0.15) is 32.0 Å². The Hall–Kier alpha value is -4.55. The molecule has 0 bridgehead atoms. The molecule has 2 aromatic rings. The van der Waals surface area contributed by atoms with Gasteiger partial charge in [0, 0.05) is 23.3 Å². The second-order valence-electron chi connectivity index (χ2n) is 10.2. The van der Waals surface area contributed by atoms with E-state index < -0.39 is 58.0 Å². The Labute approximate surface area is 268 Å². The van der Waals surface area contributed by atoms with Gasteiger partial charge in [0.2, 0.25) is 13.0 Å². The summed E-state index contributed by atoms with van der Waals surface area (Å²) in [5.74, 6) is -3.04. The van der Waals surface area contributed by atoms with Crippen molar-refractivity contribution >= 4 is 81.4 Å². The Morgan fingerprint density at radius 3 is 2.62 bits per heavy atom. The first-order valence-electron chi connectivity index (χ1n) is 12.9. The zero-order chi connectivity index (χ0) is 32.9. The fourth-order valence-electron chi connectivity index (χ4n) is 3.94. The number of fused-ring (bicyclic) bond motifs is 1. The predicted molar refractivity (Wildman–Crippen MR) is 161 cm³/mol. The number of non-ortho nitro benzene ring substituents is 1. The van der Waals surface area contributed by atoms with E-state index in [-0.39, 0.29) is 39.6 Å². The summed E-state index contributed by atoms with van der Waals surface area (Å²) in [4.78, 5) is 82.9. The first-order chi connectivity index (χ1) is 21.3. The van der Waals surface area contributed by atoms with E-state index in [0.29, 0.717) is 12.0 Å². The predicted octanol–water partition coefficient (Wildman–Crippen LogP) is 2.28. The molecule has 2 aliphatic heterocycles. The number of amides is 3. The van der Waals surface area contributed by atoms with Crippen LogP contribution in [0.15, 0.2) is 45.5 Å². The molecule has 1 aromatic carbocycles. The highest BCUT2D eigenvalue weighted by molar-refractivity contribution is 8.00. The largest absolute Gasteiger partial charge is 0.457 e. The number of halogens is 1. The number of nitrogens with zero attached hydrogens (tertiary/aromatic N) is 4. The number of thioether (sulfide) groups is 1. The number of hydrogen-bond donors (Lipinski definition) is 2. The SMILES string of the molecule is CC(C)(C)OC(=O)CON=C(C(=O)NC1C(=O)N2C(C(=O)OCc3ccc([N+](=O)[O-])cc3)=C(Cl)CS[C@@H]12)c1csc(NC=O)n1. The second kappa shape index (κ2) is 14.0. The topological polar surface area (TPSA) is 209 Å². The normalized spacial score (nSPS) is 17.9. The summed E-state index contributed by atoms with van der Waals surface area (Å²) in [6.45, 7) is 4.14. The number of aromatic nitrogens is 1. The van der Waals surface area contributed by atoms with Crippen molar-refractivity contribution in [3.8, 4) is 0 Å². The molecule has 19 heteroatoms. The van der Waals surface area contributed by atoms with Crippen molar-refractivity contribution < 1.29 is 43.2 Å². The highest BCUT2D eigenvalue weighted by Crippen LogP contribution is 2.41. The second-order valence-corrected chi connectivity index (χ2v) is 12.6. The molecule has 4 rings (SSSR count). The fraction of sp³-hybridized carbons (Fsp3) is 0.346. The lowest BCUT2D eigenvalue weighted by Gasteiger charge is -2.49. The summed E-state index contributed by atoms with van der Waals surface area (Å²) in [5.41, 5.74) is -1.02. The molecule has 1 aromatic heterocycles. The van der Waals surface area contributed by atoms with Crippen LogP contribution in [0.3, 0.4) is 0 Å². The van der Waals surface area contributed by atoms with Crippen LogP contribution < -0.4 is 10.6 Å². The molecule has 0 saturated carbocycles. The number of thiazole rings is 1. The fourth-order valence-corrected chi connectivity index (χ4v) is 6.14. The summed E-state index contributed by atoms with van der Waals surface area (Å²) in [6.07, 6.45) is 0.396. The average molecular weight is 681 g/mol. The van der Waals surface area contributed by atoms with Crippen LogP contribution in [0.25, 0.3) is 0 Å². The summed E-state index contributed by atoms with van der Waals surface area (Å²) in [6, 6.07) is 4.28. The number of benzene rings is 1. The molecule has 3 amide bonds. The van der Waals surface area contributed by atoms with E-state index in [4.69, 9.17) is 25.9 Å². The summed E-state index contributed by atoms with van der Waals surface area (Å²) in [7, 11) is 0. The first kappa shape index (κ1) is 33.3. The van der Waals surface area contributed by atoms with E-state index in [1.54, 1.807) is 20.8 Å². The van der Waals surface area contributed by atoms with E-state index >= 15 is 0 Å². The van der Waals surface area contributed by atoms with Crippen LogP contribution in [-0.2, 0) is 44.9 Å². The van der Waals surface area contributed by atoms with Gasteiger partial charge in [-0.1, -0.05) is 16.8 Å². The number of ether oxygens (including phenoxy) is 2. The van der Waals surface area contributed by atoms with E-state index in [2.05, 4.69) is 20.8 Å². The van der Waals surface area contributed by atoms with Gasteiger partial charge in [-0.25, -0.2) is 14.6 Å². The highest BCUT2D eigenvalue weighted by Gasteiger charge is 2.54. The number of esters is 2. The van der Waals surface area contributed by atoms with Gasteiger partial charge in [0.1, 0.15) is 35.0 Å². The van der Waals surface area contributed by atoms with Crippen LogP contribution in [0.4, 0.5) is 10.8 Å². The van der Waals surface area contributed by atoms with E-state index in [0.717, 1.165) is 16.2 Å². The third kappa shape index (κ3) is 8.14. The number of hydrogen-bond acceptors (Lipinski definition) is 14. The molecule has 238 valence electrons. The monoisotopic (exact) mass is 680 g/mol. The maximum Gasteiger partial charge on any atom is 0.356 e. The Balaban J connectivity index is 1.44. The Kier molecular flexibility index (Phi) is 10.4. The summed E-state index contributed by atoms with van der Waals surface area (Å²) in [5, 5.41) is 20.4. The van der Waals surface area contributed by atoms with Crippen molar-refractivity contribution in [2.75, 3.05) is 17.7 Å². The maximum atomic E-state index is 13.3. The molecule has 1 fully saturated rings. The quantitative estimate of drug-likeness (QED) is 0.0826. The first-order valence-corrected chi connectivity index (χ1v) is 15.2. The summed E-state index contributed by atoms with van der Waals surface area (Å²) < 4.78 is 10.5. The molecule has 2 N–H and O–H groups in total. The zero-order valence-electron chi connectivity index (χ0n) is 23.8. The number of rotatable bonds is 12. The number of anilines is 1. The molecular formula is C26H25ClN6O10S2. The van der Waals surface area contributed by atoms with Gasteiger partial charge in [-0.2, -0.15) is 0 Å². The zero-order valence-corrected chi connectivity index (χ0v) is 26.2.